The van der Waals surface area contributed by atoms with Gasteiger partial charge in [-0.15, -0.1) is 0 Å². The highest BCUT2D eigenvalue weighted by atomic mass is 16.5. The first-order valence-corrected chi connectivity index (χ1v) is 4.96. The molecule has 0 radical (unpaired) electrons. The molecule has 1 unspecified atom stereocenters. The van der Waals surface area contributed by atoms with Crippen molar-refractivity contribution in [2.45, 2.75) is 26.4 Å². The van der Waals surface area contributed by atoms with Crippen LogP contribution in [-0.2, 0) is 14.3 Å². The van der Waals surface area contributed by atoms with E-state index in [1.807, 2.05) is 11.8 Å². The van der Waals surface area contributed by atoms with Gasteiger partial charge >= 0.3 is 5.97 Å². The summed E-state index contributed by atoms with van der Waals surface area (Å²) in [5, 5.41) is 0. The minimum atomic E-state index is -0.193. The number of carbonyl (C=O) groups excluding carboxylic acids is 1. The van der Waals surface area contributed by atoms with Gasteiger partial charge in [-0.2, -0.15) is 0 Å². The standard InChI is InChI=1S/C10H21NO3/c1-5-6-11(7-9(2)13-3)8-10(12)14-4/h9H,5-8H2,1-4H3. The van der Waals surface area contributed by atoms with E-state index in [-0.39, 0.29) is 12.1 Å². The number of rotatable bonds is 7. The van der Waals surface area contributed by atoms with Gasteiger partial charge in [-0.1, -0.05) is 6.92 Å². The summed E-state index contributed by atoms with van der Waals surface area (Å²) in [6.45, 7) is 6.07. The van der Waals surface area contributed by atoms with Gasteiger partial charge in [-0.25, -0.2) is 0 Å². The van der Waals surface area contributed by atoms with E-state index in [1.54, 1.807) is 7.11 Å². The van der Waals surface area contributed by atoms with Crippen LogP contribution >= 0.6 is 0 Å². The molecule has 4 nitrogen and oxygen atoms in total. The second-order valence-corrected chi connectivity index (χ2v) is 3.36. The predicted octanol–water partition coefficient (Wildman–Crippen LogP) is 0.906. The van der Waals surface area contributed by atoms with Crippen molar-refractivity contribution in [3.05, 3.63) is 0 Å². The van der Waals surface area contributed by atoms with Crippen LogP contribution in [0.1, 0.15) is 20.3 Å². The largest absolute Gasteiger partial charge is 0.468 e. The lowest BCUT2D eigenvalue weighted by Crippen LogP contribution is -2.37. The van der Waals surface area contributed by atoms with Crippen molar-refractivity contribution in [1.29, 1.82) is 0 Å². The van der Waals surface area contributed by atoms with E-state index >= 15 is 0 Å². The van der Waals surface area contributed by atoms with E-state index in [4.69, 9.17) is 4.74 Å². The zero-order valence-corrected chi connectivity index (χ0v) is 9.58. The molecule has 0 aliphatic carbocycles. The Balaban J connectivity index is 3.94. The molecule has 14 heavy (non-hydrogen) atoms. The van der Waals surface area contributed by atoms with Crippen LogP contribution in [0.3, 0.4) is 0 Å². The van der Waals surface area contributed by atoms with Gasteiger partial charge in [-0.05, 0) is 19.9 Å². The molecular weight excluding hydrogens is 182 g/mol. The molecular formula is C10H21NO3. The Hall–Kier alpha value is -0.610. The maximum absolute atomic E-state index is 11.1. The Morgan fingerprint density at radius 2 is 2.07 bits per heavy atom. The summed E-state index contributed by atoms with van der Waals surface area (Å²) in [6, 6.07) is 0. The van der Waals surface area contributed by atoms with Crippen molar-refractivity contribution < 1.29 is 14.3 Å². The van der Waals surface area contributed by atoms with Gasteiger partial charge in [-0.3, -0.25) is 9.69 Å². The first-order valence-electron chi connectivity index (χ1n) is 4.96. The van der Waals surface area contributed by atoms with Crippen molar-refractivity contribution in [2.75, 3.05) is 33.9 Å². The fourth-order valence-electron chi connectivity index (χ4n) is 1.24. The van der Waals surface area contributed by atoms with Gasteiger partial charge in [0.05, 0.1) is 19.8 Å². The third kappa shape index (κ3) is 5.94. The molecule has 4 heteroatoms. The minimum Gasteiger partial charge on any atom is -0.468 e. The molecule has 1 atom stereocenters. The predicted molar refractivity (Wildman–Crippen MR) is 55.2 cm³/mol. The molecule has 0 bridgehead atoms. The van der Waals surface area contributed by atoms with Crippen LogP contribution in [0.15, 0.2) is 0 Å². The van der Waals surface area contributed by atoms with E-state index in [9.17, 15) is 4.79 Å². The second-order valence-electron chi connectivity index (χ2n) is 3.36. The van der Waals surface area contributed by atoms with Crippen LogP contribution < -0.4 is 0 Å². The van der Waals surface area contributed by atoms with Gasteiger partial charge < -0.3 is 9.47 Å². The number of ether oxygens (including phenoxy) is 2. The number of carbonyl (C=O) groups is 1. The summed E-state index contributed by atoms with van der Waals surface area (Å²) in [5.41, 5.74) is 0. The summed E-state index contributed by atoms with van der Waals surface area (Å²) in [6.07, 6.45) is 1.17. The van der Waals surface area contributed by atoms with Gasteiger partial charge in [0, 0.05) is 13.7 Å². The van der Waals surface area contributed by atoms with Crippen LogP contribution in [0.2, 0.25) is 0 Å². The summed E-state index contributed by atoms with van der Waals surface area (Å²) in [4.78, 5) is 13.1. The van der Waals surface area contributed by atoms with Crippen LogP contribution in [0.4, 0.5) is 0 Å². The van der Waals surface area contributed by atoms with E-state index in [0.717, 1.165) is 19.5 Å². The van der Waals surface area contributed by atoms with E-state index < -0.39 is 0 Å². The maximum atomic E-state index is 11.1. The number of nitrogens with zero attached hydrogens (tertiary/aromatic N) is 1. The van der Waals surface area contributed by atoms with E-state index in [0.29, 0.717) is 6.54 Å². The minimum absolute atomic E-state index is 0.145. The second kappa shape index (κ2) is 7.76. The Bertz CT molecular complexity index is 161. The molecule has 0 aliphatic rings. The zero-order valence-electron chi connectivity index (χ0n) is 9.58. The number of methoxy groups -OCH3 is 2. The third-order valence-electron chi connectivity index (χ3n) is 2.04. The molecule has 0 fully saturated rings. The summed E-state index contributed by atoms with van der Waals surface area (Å²) in [5.74, 6) is -0.193. The fourth-order valence-corrected chi connectivity index (χ4v) is 1.24. The number of esters is 1. The van der Waals surface area contributed by atoms with E-state index in [2.05, 4.69) is 11.7 Å². The fraction of sp³-hybridized carbons (Fsp3) is 0.900. The molecule has 0 saturated carbocycles. The molecule has 0 rings (SSSR count). The Labute approximate surface area is 86.2 Å². The monoisotopic (exact) mass is 203 g/mol. The lowest BCUT2D eigenvalue weighted by Gasteiger charge is -2.23. The molecule has 0 aromatic rings. The van der Waals surface area contributed by atoms with Crippen molar-refractivity contribution in [1.82, 2.24) is 4.90 Å². The van der Waals surface area contributed by atoms with Crippen LogP contribution in [0.5, 0.6) is 0 Å². The average Bonchev–Trinajstić information content (AvgIpc) is 2.17. The van der Waals surface area contributed by atoms with Crippen molar-refractivity contribution >= 4 is 5.97 Å². The molecule has 0 aromatic heterocycles. The van der Waals surface area contributed by atoms with Crippen LogP contribution in [0.25, 0.3) is 0 Å². The first-order chi connectivity index (χ1) is 6.63. The van der Waals surface area contributed by atoms with Crippen molar-refractivity contribution in [3.63, 3.8) is 0 Å². The van der Waals surface area contributed by atoms with E-state index in [1.165, 1.54) is 7.11 Å². The molecule has 84 valence electrons. The quantitative estimate of drug-likeness (QED) is 0.576. The SMILES string of the molecule is CCCN(CC(=O)OC)CC(C)OC. The third-order valence-corrected chi connectivity index (χ3v) is 2.04. The lowest BCUT2D eigenvalue weighted by atomic mass is 10.3. The molecule has 0 aromatic carbocycles. The highest BCUT2D eigenvalue weighted by Crippen LogP contribution is 1.97. The highest BCUT2D eigenvalue weighted by molar-refractivity contribution is 5.71. The first kappa shape index (κ1) is 13.4. The Kier molecular flexibility index (Phi) is 7.42. The maximum Gasteiger partial charge on any atom is 0.319 e. The summed E-state index contributed by atoms with van der Waals surface area (Å²) < 4.78 is 9.77. The molecule has 0 amide bonds. The lowest BCUT2D eigenvalue weighted by molar-refractivity contribution is -0.142. The van der Waals surface area contributed by atoms with Gasteiger partial charge in [0.15, 0.2) is 0 Å². The Morgan fingerprint density at radius 1 is 1.43 bits per heavy atom. The molecule has 0 spiro atoms. The van der Waals surface area contributed by atoms with Crippen molar-refractivity contribution in [2.24, 2.45) is 0 Å². The molecule has 0 N–H and O–H groups in total. The molecule has 0 saturated heterocycles. The van der Waals surface area contributed by atoms with Crippen LogP contribution in [-0.4, -0.2) is 50.8 Å². The summed E-state index contributed by atoms with van der Waals surface area (Å²) >= 11 is 0. The number of hydrogen-bond donors (Lipinski definition) is 0. The zero-order chi connectivity index (χ0) is 11.0. The molecule has 0 aliphatic heterocycles. The highest BCUT2D eigenvalue weighted by Gasteiger charge is 2.12. The molecule has 0 heterocycles. The Morgan fingerprint density at radius 3 is 2.50 bits per heavy atom. The van der Waals surface area contributed by atoms with Gasteiger partial charge in [0.1, 0.15) is 0 Å². The smallest absolute Gasteiger partial charge is 0.319 e. The summed E-state index contributed by atoms with van der Waals surface area (Å²) in [7, 11) is 3.08. The van der Waals surface area contributed by atoms with Gasteiger partial charge in [0.25, 0.3) is 0 Å². The number of hydrogen-bond acceptors (Lipinski definition) is 4. The van der Waals surface area contributed by atoms with Gasteiger partial charge in [0.2, 0.25) is 0 Å². The average molecular weight is 203 g/mol. The van der Waals surface area contributed by atoms with Crippen molar-refractivity contribution in [3.8, 4) is 0 Å². The van der Waals surface area contributed by atoms with Crippen LogP contribution in [0, 0.1) is 0 Å². The normalized spacial score (nSPS) is 12.9. The topological polar surface area (TPSA) is 38.8 Å².